The molecule has 94 valence electrons. The number of hydrogen-bond acceptors (Lipinski definition) is 3. The molecule has 0 amide bonds. The molecule has 0 radical (unpaired) electrons. The first-order valence-electron chi connectivity index (χ1n) is 5.14. The van der Waals surface area contributed by atoms with Gasteiger partial charge >= 0.3 is 0 Å². The SMILES string of the molecule is NNC(c1ccnc(Cl)c1)c1cc(F)ccc1F. The van der Waals surface area contributed by atoms with Crippen molar-refractivity contribution in [2.45, 2.75) is 6.04 Å². The van der Waals surface area contributed by atoms with Gasteiger partial charge in [-0.3, -0.25) is 5.84 Å². The van der Waals surface area contributed by atoms with Crippen molar-refractivity contribution in [2.75, 3.05) is 0 Å². The number of hydrogen-bond donors (Lipinski definition) is 2. The molecule has 0 spiro atoms. The molecule has 1 heterocycles. The van der Waals surface area contributed by atoms with Crippen molar-refractivity contribution >= 4 is 11.6 Å². The van der Waals surface area contributed by atoms with E-state index < -0.39 is 17.7 Å². The van der Waals surface area contributed by atoms with Crippen molar-refractivity contribution in [3.63, 3.8) is 0 Å². The van der Waals surface area contributed by atoms with E-state index in [9.17, 15) is 8.78 Å². The Bertz CT molecular complexity index is 563. The smallest absolute Gasteiger partial charge is 0.129 e. The van der Waals surface area contributed by atoms with Gasteiger partial charge in [0.1, 0.15) is 16.8 Å². The van der Waals surface area contributed by atoms with Crippen LogP contribution in [0.4, 0.5) is 8.78 Å². The number of nitrogens with one attached hydrogen (secondary N) is 1. The maximum absolute atomic E-state index is 13.7. The van der Waals surface area contributed by atoms with E-state index in [1.165, 1.54) is 12.3 Å². The maximum Gasteiger partial charge on any atom is 0.129 e. The fourth-order valence-corrected chi connectivity index (χ4v) is 1.88. The van der Waals surface area contributed by atoms with Crippen LogP contribution in [-0.4, -0.2) is 4.98 Å². The second kappa shape index (κ2) is 5.39. The Balaban J connectivity index is 2.48. The Morgan fingerprint density at radius 1 is 1.22 bits per heavy atom. The van der Waals surface area contributed by atoms with Gasteiger partial charge in [-0.1, -0.05) is 11.6 Å². The summed E-state index contributed by atoms with van der Waals surface area (Å²) in [6.45, 7) is 0. The Morgan fingerprint density at radius 2 is 2.00 bits per heavy atom. The summed E-state index contributed by atoms with van der Waals surface area (Å²) in [6, 6.07) is 5.66. The van der Waals surface area contributed by atoms with Crippen LogP contribution < -0.4 is 11.3 Å². The molecule has 6 heteroatoms. The summed E-state index contributed by atoms with van der Waals surface area (Å²) in [5.74, 6) is 4.32. The van der Waals surface area contributed by atoms with E-state index in [1.807, 2.05) is 0 Å². The minimum Gasteiger partial charge on any atom is -0.271 e. The predicted octanol–water partition coefficient (Wildman–Crippen LogP) is 2.57. The van der Waals surface area contributed by atoms with Crippen molar-refractivity contribution in [2.24, 2.45) is 5.84 Å². The molecule has 1 aromatic carbocycles. The van der Waals surface area contributed by atoms with Crippen LogP contribution >= 0.6 is 11.6 Å². The van der Waals surface area contributed by atoms with E-state index in [2.05, 4.69) is 10.4 Å². The third-order valence-corrected chi connectivity index (χ3v) is 2.73. The van der Waals surface area contributed by atoms with Crippen molar-refractivity contribution in [1.82, 2.24) is 10.4 Å². The highest BCUT2D eigenvalue weighted by atomic mass is 35.5. The molecule has 0 bridgehead atoms. The lowest BCUT2D eigenvalue weighted by Gasteiger charge is -2.17. The van der Waals surface area contributed by atoms with Crippen molar-refractivity contribution in [1.29, 1.82) is 0 Å². The molecule has 18 heavy (non-hydrogen) atoms. The van der Waals surface area contributed by atoms with E-state index in [0.717, 1.165) is 18.2 Å². The minimum absolute atomic E-state index is 0.111. The highest BCUT2D eigenvalue weighted by Gasteiger charge is 2.17. The Kier molecular flexibility index (Phi) is 3.86. The summed E-state index contributed by atoms with van der Waals surface area (Å²) in [5, 5.41) is 0.254. The number of halogens is 3. The molecule has 0 saturated carbocycles. The standard InChI is InChI=1S/C12H10ClF2N3/c13-11-5-7(3-4-17-11)12(18-16)9-6-8(14)1-2-10(9)15/h1-6,12,18H,16H2. The molecule has 3 nitrogen and oxygen atoms in total. The van der Waals surface area contributed by atoms with E-state index in [-0.39, 0.29) is 10.7 Å². The fourth-order valence-electron chi connectivity index (χ4n) is 1.70. The first-order chi connectivity index (χ1) is 8.61. The zero-order valence-corrected chi connectivity index (χ0v) is 9.96. The highest BCUT2D eigenvalue weighted by Crippen LogP contribution is 2.25. The van der Waals surface area contributed by atoms with E-state index in [4.69, 9.17) is 17.4 Å². The van der Waals surface area contributed by atoms with Crippen LogP contribution in [0.15, 0.2) is 36.5 Å². The molecule has 1 unspecified atom stereocenters. The van der Waals surface area contributed by atoms with Crippen molar-refractivity contribution in [3.05, 3.63) is 64.4 Å². The first kappa shape index (κ1) is 12.9. The third-order valence-electron chi connectivity index (χ3n) is 2.52. The van der Waals surface area contributed by atoms with E-state index in [0.29, 0.717) is 5.56 Å². The van der Waals surface area contributed by atoms with Crippen LogP contribution in [0.3, 0.4) is 0 Å². The molecule has 1 aromatic heterocycles. The van der Waals surface area contributed by atoms with Gasteiger partial charge in [-0.05, 0) is 35.9 Å². The Hall–Kier alpha value is -1.56. The van der Waals surface area contributed by atoms with Gasteiger partial charge in [-0.15, -0.1) is 0 Å². The second-order valence-electron chi connectivity index (χ2n) is 3.68. The Morgan fingerprint density at radius 3 is 2.67 bits per heavy atom. The first-order valence-corrected chi connectivity index (χ1v) is 5.52. The summed E-state index contributed by atoms with van der Waals surface area (Å²) < 4.78 is 26.8. The summed E-state index contributed by atoms with van der Waals surface area (Å²) in [6.07, 6.45) is 1.47. The zero-order chi connectivity index (χ0) is 13.1. The lowest BCUT2D eigenvalue weighted by atomic mass is 10.00. The highest BCUT2D eigenvalue weighted by molar-refractivity contribution is 6.29. The molecule has 0 saturated heterocycles. The van der Waals surface area contributed by atoms with Gasteiger partial charge in [-0.25, -0.2) is 19.2 Å². The number of hydrazine groups is 1. The van der Waals surface area contributed by atoms with Gasteiger partial charge in [0.15, 0.2) is 0 Å². The van der Waals surface area contributed by atoms with Crippen LogP contribution in [0, 0.1) is 11.6 Å². The van der Waals surface area contributed by atoms with Crippen molar-refractivity contribution < 1.29 is 8.78 Å². The van der Waals surface area contributed by atoms with E-state index >= 15 is 0 Å². The van der Waals surface area contributed by atoms with Crippen LogP contribution in [0.1, 0.15) is 17.2 Å². The van der Waals surface area contributed by atoms with Gasteiger partial charge in [0, 0.05) is 11.8 Å². The topological polar surface area (TPSA) is 50.9 Å². The molecule has 2 aromatic rings. The van der Waals surface area contributed by atoms with Crippen LogP contribution in [0.2, 0.25) is 5.15 Å². The predicted molar refractivity (Wildman–Crippen MR) is 64.8 cm³/mol. The number of rotatable bonds is 3. The zero-order valence-electron chi connectivity index (χ0n) is 9.20. The van der Waals surface area contributed by atoms with Gasteiger partial charge < -0.3 is 0 Å². The van der Waals surface area contributed by atoms with Crippen LogP contribution in [-0.2, 0) is 0 Å². The normalized spacial score (nSPS) is 12.4. The quantitative estimate of drug-likeness (QED) is 0.511. The molecule has 3 N–H and O–H groups in total. The minimum atomic E-state index is -0.693. The summed E-state index contributed by atoms with van der Waals surface area (Å²) in [5.41, 5.74) is 3.15. The monoisotopic (exact) mass is 269 g/mol. The van der Waals surface area contributed by atoms with Gasteiger partial charge in [0.25, 0.3) is 0 Å². The van der Waals surface area contributed by atoms with Crippen LogP contribution in [0.5, 0.6) is 0 Å². The third kappa shape index (κ3) is 2.64. The number of nitrogens with zero attached hydrogens (tertiary/aromatic N) is 1. The lowest BCUT2D eigenvalue weighted by Crippen LogP contribution is -2.29. The number of aromatic nitrogens is 1. The van der Waals surface area contributed by atoms with Crippen molar-refractivity contribution in [3.8, 4) is 0 Å². The molecule has 0 aliphatic rings. The maximum atomic E-state index is 13.7. The number of pyridine rings is 1. The average Bonchev–Trinajstić information content (AvgIpc) is 2.35. The molecule has 0 fully saturated rings. The Labute approximate surface area is 108 Å². The van der Waals surface area contributed by atoms with Gasteiger partial charge in [0.05, 0.1) is 6.04 Å². The summed E-state index contributed by atoms with van der Waals surface area (Å²) in [4.78, 5) is 3.82. The number of benzene rings is 1. The fraction of sp³-hybridized carbons (Fsp3) is 0.0833. The largest absolute Gasteiger partial charge is 0.271 e. The summed E-state index contributed by atoms with van der Waals surface area (Å²) in [7, 11) is 0. The molecule has 2 rings (SSSR count). The number of nitrogens with two attached hydrogens (primary N) is 1. The lowest BCUT2D eigenvalue weighted by molar-refractivity contribution is 0.545. The average molecular weight is 270 g/mol. The van der Waals surface area contributed by atoms with Crippen LogP contribution in [0.25, 0.3) is 0 Å². The van der Waals surface area contributed by atoms with Gasteiger partial charge in [-0.2, -0.15) is 0 Å². The molecule has 0 aliphatic carbocycles. The van der Waals surface area contributed by atoms with Gasteiger partial charge in [0.2, 0.25) is 0 Å². The molecular weight excluding hydrogens is 260 g/mol. The molecule has 1 atom stereocenters. The summed E-state index contributed by atoms with van der Waals surface area (Å²) >= 11 is 5.76. The molecule has 0 aliphatic heterocycles. The van der Waals surface area contributed by atoms with E-state index in [1.54, 1.807) is 6.07 Å². The molecular formula is C12H10ClF2N3. The second-order valence-corrected chi connectivity index (χ2v) is 4.06.